The second-order valence-corrected chi connectivity index (χ2v) is 6.09. The summed E-state index contributed by atoms with van der Waals surface area (Å²) in [5.41, 5.74) is 3.22. The van der Waals surface area contributed by atoms with E-state index in [0.717, 1.165) is 43.5 Å². The molecular weight excluding hydrogens is 326 g/mol. The fraction of sp³-hybridized carbons (Fsp3) is 0.250. The molecule has 0 atom stereocenters. The maximum Gasteiger partial charge on any atom is 0.133 e. The van der Waals surface area contributed by atoms with Crippen LogP contribution >= 0.6 is 0 Å². The standard InChI is InChI=1S/C20H21N5O/c1-4-17(20(23-9-1)24-10-12-26-13-11-24)16-25(18-5-2-7-21-14-18)19-6-3-8-22-15-19/h1-9,14-15H,10-13,16H2. The van der Waals surface area contributed by atoms with Crippen LogP contribution in [0.25, 0.3) is 0 Å². The summed E-state index contributed by atoms with van der Waals surface area (Å²) in [4.78, 5) is 17.7. The van der Waals surface area contributed by atoms with Crippen molar-refractivity contribution >= 4 is 17.2 Å². The first-order valence-corrected chi connectivity index (χ1v) is 8.76. The van der Waals surface area contributed by atoms with Gasteiger partial charge in [0, 0.05) is 37.2 Å². The summed E-state index contributed by atoms with van der Waals surface area (Å²) in [6.07, 6.45) is 9.17. The Morgan fingerprint density at radius 1 is 0.885 bits per heavy atom. The zero-order valence-corrected chi connectivity index (χ0v) is 14.5. The van der Waals surface area contributed by atoms with Gasteiger partial charge in [0.15, 0.2) is 0 Å². The van der Waals surface area contributed by atoms with Gasteiger partial charge < -0.3 is 14.5 Å². The molecule has 0 saturated carbocycles. The normalized spacial score (nSPS) is 14.2. The highest BCUT2D eigenvalue weighted by Gasteiger charge is 2.18. The Morgan fingerprint density at radius 3 is 2.15 bits per heavy atom. The lowest BCUT2D eigenvalue weighted by Gasteiger charge is -2.31. The van der Waals surface area contributed by atoms with Gasteiger partial charge in [-0.25, -0.2) is 4.98 Å². The molecule has 1 aliphatic heterocycles. The summed E-state index contributed by atoms with van der Waals surface area (Å²) in [7, 11) is 0. The molecule has 1 fully saturated rings. The molecule has 0 aliphatic carbocycles. The molecule has 0 spiro atoms. The van der Waals surface area contributed by atoms with Crippen molar-refractivity contribution in [2.75, 3.05) is 36.1 Å². The molecule has 0 aromatic carbocycles. The number of rotatable bonds is 5. The van der Waals surface area contributed by atoms with E-state index in [1.807, 2.05) is 36.8 Å². The SMILES string of the molecule is c1cncc(N(Cc2cccnc2N2CCOCC2)c2cccnc2)c1. The van der Waals surface area contributed by atoms with E-state index in [-0.39, 0.29) is 0 Å². The fourth-order valence-electron chi connectivity index (χ4n) is 3.14. The molecule has 1 saturated heterocycles. The second-order valence-electron chi connectivity index (χ2n) is 6.09. The van der Waals surface area contributed by atoms with Crippen LogP contribution in [0.5, 0.6) is 0 Å². The highest BCUT2D eigenvalue weighted by atomic mass is 16.5. The quantitative estimate of drug-likeness (QED) is 0.707. The molecule has 3 aromatic rings. The Morgan fingerprint density at radius 2 is 1.54 bits per heavy atom. The molecular formula is C20H21N5O. The van der Waals surface area contributed by atoms with Crippen molar-refractivity contribution in [3.8, 4) is 0 Å². The summed E-state index contributed by atoms with van der Waals surface area (Å²) < 4.78 is 5.48. The number of anilines is 3. The number of morpholine rings is 1. The predicted octanol–water partition coefficient (Wildman–Crippen LogP) is 3.05. The van der Waals surface area contributed by atoms with E-state index in [1.165, 1.54) is 5.56 Å². The van der Waals surface area contributed by atoms with E-state index in [0.29, 0.717) is 6.54 Å². The Hall–Kier alpha value is -2.99. The largest absolute Gasteiger partial charge is 0.378 e. The lowest BCUT2D eigenvalue weighted by Crippen LogP contribution is -2.37. The highest BCUT2D eigenvalue weighted by Crippen LogP contribution is 2.29. The molecule has 132 valence electrons. The van der Waals surface area contributed by atoms with Gasteiger partial charge in [0.1, 0.15) is 5.82 Å². The van der Waals surface area contributed by atoms with Crippen LogP contribution in [0.4, 0.5) is 17.2 Å². The van der Waals surface area contributed by atoms with E-state index in [4.69, 9.17) is 4.74 Å². The lowest BCUT2D eigenvalue weighted by molar-refractivity contribution is 0.122. The molecule has 0 amide bonds. The summed E-state index contributed by atoms with van der Waals surface area (Å²) in [6.45, 7) is 3.90. The van der Waals surface area contributed by atoms with E-state index < -0.39 is 0 Å². The number of nitrogens with zero attached hydrogens (tertiary/aromatic N) is 5. The highest BCUT2D eigenvalue weighted by molar-refractivity contribution is 5.63. The number of hydrogen-bond acceptors (Lipinski definition) is 6. The molecule has 0 bridgehead atoms. The van der Waals surface area contributed by atoms with Crippen LogP contribution in [0, 0.1) is 0 Å². The zero-order chi connectivity index (χ0) is 17.6. The van der Waals surface area contributed by atoms with Crippen LogP contribution in [0.2, 0.25) is 0 Å². The first-order chi connectivity index (χ1) is 12.9. The van der Waals surface area contributed by atoms with Crippen molar-refractivity contribution in [1.29, 1.82) is 0 Å². The van der Waals surface area contributed by atoms with E-state index in [2.05, 4.69) is 43.0 Å². The molecule has 6 nitrogen and oxygen atoms in total. The van der Waals surface area contributed by atoms with Crippen molar-refractivity contribution in [3.05, 3.63) is 72.9 Å². The Balaban J connectivity index is 1.68. The van der Waals surface area contributed by atoms with Crippen molar-refractivity contribution in [2.45, 2.75) is 6.54 Å². The maximum absolute atomic E-state index is 5.48. The van der Waals surface area contributed by atoms with Crippen LogP contribution in [0.3, 0.4) is 0 Å². The monoisotopic (exact) mass is 347 g/mol. The van der Waals surface area contributed by atoms with Gasteiger partial charge in [-0.3, -0.25) is 9.97 Å². The maximum atomic E-state index is 5.48. The average molecular weight is 347 g/mol. The molecule has 26 heavy (non-hydrogen) atoms. The topological polar surface area (TPSA) is 54.4 Å². The van der Waals surface area contributed by atoms with Crippen molar-refractivity contribution < 1.29 is 4.74 Å². The van der Waals surface area contributed by atoms with E-state index in [1.54, 1.807) is 12.4 Å². The molecule has 0 N–H and O–H groups in total. The number of aromatic nitrogens is 3. The van der Waals surface area contributed by atoms with Crippen LogP contribution in [0.15, 0.2) is 67.4 Å². The third-order valence-electron chi connectivity index (χ3n) is 4.42. The second kappa shape index (κ2) is 7.93. The van der Waals surface area contributed by atoms with Crippen LogP contribution in [-0.4, -0.2) is 41.3 Å². The minimum atomic E-state index is 0.692. The summed E-state index contributed by atoms with van der Waals surface area (Å²) >= 11 is 0. The van der Waals surface area contributed by atoms with Gasteiger partial charge in [-0.15, -0.1) is 0 Å². The van der Waals surface area contributed by atoms with Gasteiger partial charge in [-0.05, 0) is 30.3 Å². The average Bonchev–Trinajstić information content (AvgIpc) is 2.74. The van der Waals surface area contributed by atoms with E-state index >= 15 is 0 Å². The summed E-state index contributed by atoms with van der Waals surface area (Å²) in [6, 6.07) is 12.1. The molecule has 1 aliphatic rings. The Bertz CT molecular complexity index is 782. The van der Waals surface area contributed by atoms with Crippen LogP contribution in [-0.2, 0) is 11.3 Å². The summed E-state index contributed by atoms with van der Waals surface area (Å²) in [5, 5.41) is 0. The van der Waals surface area contributed by atoms with Gasteiger partial charge in [-0.2, -0.15) is 0 Å². The lowest BCUT2D eigenvalue weighted by atomic mass is 10.2. The van der Waals surface area contributed by atoms with Gasteiger partial charge in [0.2, 0.25) is 0 Å². The zero-order valence-electron chi connectivity index (χ0n) is 14.5. The molecule has 6 heteroatoms. The molecule has 4 heterocycles. The summed E-state index contributed by atoms with van der Waals surface area (Å²) in [5.74, 6) is 1.02. The first kappa shape index (κ1) is 16.5. The molecule has 0 radical (unpaired) electrons. The first-order valence-electron chi connectivity index (χ1n) is 8.76. The number of hydrogen-bond donors (Lipinski definition) is 0. The molecule has 4 rings (SSSR count). The molecule has 3 aromatic heterocycles. The van der Waals surface area contributed by atoms with Gasteiger partial charge in [0.05, 0.1) is 43.5 Å². The van der Waals surface area contributed by atoms with Gasteiger partial charge in [0.25, 0.3) is 0 Å². The number of pyridine rings is 3. The van der Waals surface area contributed by atoms with Crippen molar-refractivity contribution in [2.24, 2.45) is 0 Å². The number of ether oxygens (including phenoxy) is 1. The van der Waals surface area contributed by atoms with Crippen molar-refractivity contribution in [3.63, 3.8) is 0 Å². The molecule has 0 unspecified atom stereocenters. The van der Waals surface area contributed by atoms with E-state index in [9.17, 15) is 0 Å². The van der Waals surface area contributed by atoms with Crippen LogP contribution < -0.4 is 9.80 Å². The van der Waals surface area contributed by atoms with Gasteiger partial charge in [-0.1, -0.05) is 6.07 Å². The Kier molecular flexibility index (Phi) is 5.02. The Labute approximate surface area is 153 Å². The third-order valence-corrected chi connectivity index (χ3v) is 4.42. The van der Waals surface area contributed by atoms with Gasteiger partial charge >= 0.3 is 0 Å². The smallest absolute Gasteiger partial charge is 0.133 e. The minimum absolute atomic E-state index is 0.692. The van der Waals surface area contributed by atoms with Crippen LogP contribution in [0.1, 0.15) is 5.56 Å². The van der Waals surface area contributed by atoms with Crippen molar-refractivity contribution in [1.82, 2.24) is 15.0 Å². The predicted molar refractivity (Wildman–Crippen MR) is 102 cm³/mol. The minimum Gasteiger partial charge on any atom is -0.378 e. The third kappa shape index (κ3) is 3.65. The fourth-order valence-corrected chi connectivity index (χ4v) is 3.14.